The summed E-state index contributed by atoms with van der Waals surface area (Å²) in [6, 6.07) is 17.4. The Morgan fingerprint density at radius 2 is 1.87 bits per heavy atom. The van der Waals surface area contributed by atoms with E-state index in [1.807, 2.05) is 37.3 Å². The van der Waals surface area contributed by atoms with Crippen molar-refractivity contribution < 1.29 is 19.1 Å². The second-order valence-electron chi connectivity index (χ2n) is 6.64. The Hall–Kier alpha value is -3.25. The van der Waals surface area contributed by atoms with Crippen molar-refractivity contribution in [2.75, 3.05) is 20.8 Å². The van der Waals surface area contributed by atoms with Crippen molar-refractivity contribution in [2.24, 2.45) is 5.16 Å². The van der Waals surface area contributed by atoms with E-state index < -0.39 is 0 Å². The van der Waals surface area contributed by atoms with Gasteiger partial charge in [0.2, 0.25) is 0 Å². The number of nitrogens with one attached hydrogen (secondary N) is 1. The molecule has 1 amide bonds. The fraction of sp³-hybridized carbons (Fsp3) is 0.217. The molecule has 30 heavy (non-hydrogen) atoms. The minimum absolute atomic E-state index is 0.153. The summed E-state index contributed by atoms with van der Waals surface area (Å²) in [5.41, 5.74) is 1.67. The Balaban J connectivity index is 1.54. The molecule has 7 heteroatoms. The minimum Gasteiger partial charge on any atom is -0.493 e. The minimum atomic E-state index is -0.266. The lowest BCUT2D eigenvalue weighted by Gasteiger charge is -2.14. The standard InChI is InChI=1S/C23H23ClN2O4/c1-15(18-9-8-17-6-4-5-7-19(17)12-18)26-22(27)14-30-25-13-16-10-20(24)23(29-3)21(11-16)28-2/h4-13,15H,14H2,1-3H3,(H,26,27)/b25-13+. The van der Waals surface area contributed by atoms with Crippen molar-refractivity contribution in [3.8, 4) is 11.5 Å². The number of halogens is 1. The summed E-state index contributed by atoms with van der Waals surface area (Å²) in [7, 11) is 3.03. The molecular weight excluding hydrogens is 404 g/mol. The number of nitrogens with zero attached hydrogens (tertiary/aromatic N) is 1. The summed E-state index contributed by atoms with van der Waals surface area (Å²) in [6.45, 7) is 1.73. The lowest BCUT2D eigenvalue weighted by Crippen LogP contribution is -2.29. The number of methoxy groups -OCH3 is 2. The largest absolute Gasteiger partial charge is 0.493 e. The summed E-state index contributed by atoms with van der Waals surface area (Å²) in [5, 5.41) is 9.42. The van der Waals surface area contributed by atoms with Crippen LogP contribution in [-0.4, -0.2) is 32.9 Å². The van der Waals surface area contributed by atoms with Gasteiger partial charge in [-0.3, -0.25) is 4.79 Å². The first-order valence-corrected chi connectivity index (χ1v) is 9.74. The number of benzene rings is 3. The molecule has 0 saturated heterocycles. The summed E-state index contributed by atoms with van der Waals surface area (Å²) in [4.78, 5) is 17.3. The van der Waals surface area contributed by atoms with Crippen molar-refractivity contribution in [3.63, 3.8) is 0 Å². The fourth-order valence-electron chi connectivity index (χ4n) is 3.05. The molecule has 0 heterocycles. The molecule has 6 nitrogen and oxygen atoms in total. The van der Waals surface area contributed by atoms with Gasteiger partial charge in [0, 0.05) is 5.56 Å². The quantitative estimate of drug-likeness (QED) is 0.417. The zero-order chi connectivity index (χ0) is 21.5. The molecule has 1 atom stereocenters. The fourth-order valence-corrected chi connectivity index (χ4v) is 3.35. The zero-order valence-electron chi connectivity index (χ0n) is 17.0. The first kappa shape index (κ1) is 21.5. The molecule has 0 radical (unpaired) electrons. The molecule has 1 N–H and O–H groups in total. The lowest BCUT2D eigenvalue weighted by molar-refractivity contribution is -0.126. The first-order valence-electron chi connectivity index (χ1n) is 9.36. The predicted molar refractivity (Wildman–Crippen MR) is 119 cm³/mol. The number of carbonyl (C=O) groups excluding carboxylic acids is 1. The van der Waals surface area contributed by atoms with Gasteiger partial charge in [-0.15, -0.1) is 0 Å². The SMILES string of the molecule is COc1cc(/C=N/OCC(=O)NC(C)c2ccc3ccccc3c2)cc(Cl)c1OC. The predicted octanol–water partition coefficient (Wildman–Crippen LogP) is 4.74. The van der Waals surface area contributed by atoms with Crippen LogP contribution in [0.4, 0.5) is 0 Å². The number of amides is 1. The van der Waals surface area contributed by atoms with Gasteiger partial charge in [-0.1, -0.05) is 53.2 Å². The molecular formula is C23H23ClN2O4. The van der Waals surface area contributed by atoms with Crippen molar-refractivity contribution in [1.29, 1.82) is 0 Å². The maximum atomic E-state index is 12.2. The number of rotatable bonds is 8. The summed E-state index contributed by atoms with van der Waals surface area (Å²) in [6.07, 6.45) is 1.45. The summed E-state index contributed by atoms with van der Waals surface area (Å²) in [5.74, 6) is 0.658. The average molecular weight is 427 g/mol. The van der Waals surface area contributed by atoms with Crippen LogP contribution in [0.1, 0.15) is 24.1 Å². The van der Waals surface area contributed by atoms with Gasteiger partial charge in [0.05, 0.1) is 31.5 Å². The van der Waals surface area contributed by atoms with Gasteiger partial charge in [0.1, 0.15) is 0 Å². The molecule has 3 rings (SSSR count). The van der Waals surface area contributed by atoms with Crippen LogP contribution < -0.4 is 14.8 Å². The lowest BCUT2D eigenvalue weighted by atomic mass is 10.0. The average Bonchev–Trinajstić information content (AvgIpc) is 2.75. The second-order valence-corrected chi connectivity index (χ2v) is 7.05. The first-order chi connectivity index (χ1) is 14.5. The van der Waals surface area contributed by atoms with E-state index in [0.29, 0.717) is 22.1 Å². The van der Waals surface area contributed by atoms with E-state index in [1.54, 1.807) is 12.1 Å². The van der Waals surface area contributed by atoms with E-state index in [-0.39, 0.29) is 18.6 Å². The Labute approximate surface area is 180 Å². The van der Waals surface area contributed by atoms with Crippen LogP contribution in [0.3, 0.4) is 0 Å². The van der Waals surface area contributed by atoms with Crippen LogP contribution in [0.25, 0.3) is 10.8 Å². The Morgan fingerprint density at radius 3 is 2.60 bits per heavy atom. The highest BCUT2D eigenvalue weighted by Crippen LogP contribution is 2.35. The van der Waals surface area contributed by atoms with Crippen LogP contribution in [0.2, 0.25) is 5.02 Å². The van der Waals surface area contributed by atoms with E-state index in [0.717, 1.165) is 16.3 Å². The number of hydrogen-bond acceptors (Lipinski definition) is 5. The molecule has 0 bridgehead atoms. The van der Waals surface area contributed by atoms with E-state index in [9.17, 15) is 4.79 Å². The van der Waals surface area contributed by atoms with Gasteiger partial charge < -0.3 is 19.6 Å². The van der Waals surface area contributed by atoms with Crippen LogP contribution in [0.5, 0.6) is 11.5 Å². The molecule has 1 unspecified atom stereocenters. The molecule has 0 fully saturated rings. The molecule has 0 aromatic heterocycles. The zero-order valence-corrected chi connectivity index (χ0v) is 17.8. The number of carbonyl (C=O) groups is 1. The highest BCUT2D eigenvalue weighted by atomic mass is 35.5. The van der Waals surface area contributed by atoms with Crippen LogP contribution in [0.15, 0.2) is 59.8 Å². The van der Waals surface area contributed by atoms with Gasteiger partial charge in [-0.05, 0) is 41.5 Å². The Morgan fingerprint density at radius 1 is 1.10 bits per heavy atom. The molecule has 0 saturated carbocycles. The van der Waals surface area contributed by atoms with Gasteiger partial charge in [0.15, 0.2) is 18.1 Å². The summed E-state index contributed by atoms with van der Waals surface area (Å²) < 4.78 is 10.4. The Kier molecular flexibility index (Phi) is 7.14. The van der Waals surface area contributed by atoms with Gasteiger partial charge in [-0.25, -0.2) is 0 Å². The molecule has 0 spiro atoms. The summed E-state index contributed by atoms with van der Waals surface area (Å²) >= 11 is 6.16. The smallest absolute Gasteiger partial charge is 0.261 e. The monoisotopic (exact) mass is 426 g/mol. The van der Waals surface area contributed by atoms with Crippen LogP contribution in [-0.2, 0) is 9.63 Å². The van der Waals surface area contributed by atoms with Crippen LogP contribution >= 0.6 is 11.6 Å². The van der Waals surface area contributed by atoms with E-state index in [2.05, 4.69) is 22.6 Å². The molecule has 0 aliphatic rings. The molecule has 3 aromatic carbocycles. The highest BCUT2D eigenvalue weighted by molar-refractivity contribution is 6.32. The third-order valence-corrected chi connectivity index (χ3v) is 4.86. The topological polar surface area (TPSA) is 69.2 Å². The number of fused-ring (bicyclic) bond motifs is 1. The van der Waals surface area contributed by atoms with Gasteiger partial charge >= 0.3 is 0 Å². The number of hydrogen-bond donors (Lipinski definition) is 1. The van der Waals surface area contributed by atoms with Crippen molar-refractivity contribution in [3.05, 3.63) is 70.7 Å². The third kappa shape index (κ3) is 5.21. The maximum absolute atomic E-state index is 12.2. The number of ether oxygens (including phenoxy) is 2. The molecule has 156 valence electrons. The van der Waals surface area contributed by atoms with Gasteiger partial charge in [-0.2, -0.15) is 0 Å². The molecule has 0 aliphatic carbocycles. The number of oxime groups is 1. The molecule has 0 aliphatic heterocycles. The maximum Gasteiger partial charge on any atom is 0.261 e. The second kappa shape index (κ2) is 9.98. The van der Waals surface area contributed by atoms with Gasteiger partial charge in [0.25, 0.3) is 5.91 Å². The third-order valence-electron chi connectivity index (χ3n) is 4.58. The van der Waals surface area contributed by atoms with Crippen molar-refractivity contribution in [2.45, 2.75) is 13.0 Å². The highest BCUT2D eigenvalue weighted by Gasteiger charge is 2.11. The van der Waals surface area contributed by atoms with E-state index in [1.165, 1.54) is 20.4 Å². The van der Waals surface area contributed by atoms with Crippen molar-refractivity contribution in [1.82, 2.24) is 5.32 Å². The van der Waals surface area contributed by atoms with Crippen LogP contribution in [0, 0.1) is 0 Å². The van der Waals surface area contributed by atoms with Crippen molar-refractivity contribution >= 4 is 34.5 Å². The molecule has 3 aromatic rings. The van der Waals surface area contributed by atoms with E-state index in [4.69, 9.17) is 25.9 Å². The van der Waals surface area contributed by atoms with E-state index >= 15 is 0 Å². The Bertz CT molecular complexity index is 1070. The normalized spacial score (nSPS) is 12.0.